The van der Waals surface area contributed by atoms with Crippen LogP contribution >= 0.6 is 0 Å². The molecule has 0 aromatic carbocycles. The SMILES string of the molecule is Cc1ccnc(=O)n1CCCO. The zero-order valence-corrected chi connectivity index (χ0v) is 7.03. The number of aromatic nitrogens is 2. The van der Waals surface area contributed by atoms with E-state index in [2.05, 4.69) is 4.98 Å². The van der Waals surface area contributed by atoms with Gasteiger partial charge in [0.25, 0.3) is 0 Å². The molecule has 1 aromatic rings. The maximum absolute atomic E-state index is 11.1. The van der Waals surface area contributed by atoms with Crippen molar-refractivity contribution in [2.24, 2.45) is 0 Å². The van der Waals surface area contributed by atoms with E-state index in [-0.39, 0.29) is 12.3 Å². The third-order valence-corrected chi connectivity index (χ3v) is 1.70. The molecular formula is C8H12N2O2. The average molecular weight is 168 g/mol. The standard InChI is InChI=1S/C8H12N2O2/c1-7-3-4-9-8(12)10(7)5-2-6-11/h3-4,11H,2,5-6H2,1H3. The molecule has 1 heterocycles. The van der Waals surface area contributed by atoms with Gasteiger partial charge in [-0.05, 0) is 19.4 Å². The van der Waals surface area contributed by atoms with Gasteiger partial charge in [0.05, 0.1) is 0 Å². The summed E-state index contributed by atoms with van der Waals surface area (Å²) in [6, 6.07) is 1.78. The predicted octanol–water partition coefficient (Wildman–Crippen LogP) is -0.0659. The fourth-order valence-electron chi connectivity index (χ4n) is 1.02. The Morgan fingerprint density at radius 3 is 3.00 bits per heavy atom. The zero-order chi connectivity index (χ0) is 8.97. The van der Waals surface area contributed by atoms with Crippen LogP contribution in [0.4, 0.5) is 0 Å². The molecule has 12 heavy (non-hydrogen) atoms. The molecule has 0 aliphatic heterocycles. The summed E-state index contributed by atoms with van der Waals surface area (Å²) >= 11 is 0. The van der Waals surface area contributed by atoms with Crippen molar-refractivity contribution in [3.8, 4) is 0 Å². The number of hydrogen-bond acceptors (Lipinski definition) is 3. The molecule has 66 valence electrons. The van der Waals surface area contributed by atoms with Crippen molar-refractivity contribution in [2.75, 3.05) is 6.61 Å². The van der Waals surface area contributed by atoms with E-state index in [0.717, 1.165) is 5.69 Å². The topological polar surface area (TPSA) is 55.1 Å². The Kier molecular flexibility index (Phi) is 2.99. The Morgan fingerprint density at radius 2 is 2.42 bits per heavy atom. The molecule has 1 rings (SSSR count). The lowest BCUT2D eigenvalue weighted by molar-refractivity contribution is 0.278. The van der Waals surface area contributed by atoms with Gasteiger partial charge in [-0.15, -0.1) is 0 Å². The molecule has 0 bridgehead atoms. The van der Waals surface area contributed by atoms with Gasteiger partial charge in [0.2, 0.25) is 0 Å². The minimum atomic E-state index is -0.247. The molecule has 0 spiro atoms. The Hall–Kier alpha value is -1.16. The van der Waals surface area contributed by atoms with E-state index in [0.29, 0.717) is 13.0 Å². The van der Waals surface area contributed by atoms with Crippen LogP contribution in [0.2, 0.25) is 0 Å². The van der Waals surface area contributed by atoms with E-state index in [1.807, 2.05) is 6.92 Å². The summed E-state index contributed by atoms with van der Waals surface area (Å²) in [5.41, 5.74) is 0.631. The molecule has 0 atom stereocenters. The summed E-state index contributed by atoms with van der Waals surface area (Å²) in [4.78, 5) is 14.7. The van der Waals surface area contributed by atoms with E-state index in [4.69, 9.17) is 5.11 Å². The van der Waals surface area contributed by atoms with Crippen molar-refractivity contribution < 1.29 is 5.11 Å². The minimum absolute atomic E-state index is 0.0980. The van der Waals surface area contributed by atoms with Crippen LogP contribution in [0.15, 0.2) is 17.1 Å². The van der Waals surface area contributed by atoms with Crippen LogP contribution in [0.1, 0.15) is 12.1 Å². The Balaban J connectivity index is 2.89. The molecular weight excluding hydrogens is 156 g/mol. The van der Waals surface area contributed by atoms with Gasteiger partial charge in [0.1, 0.15) is 0 Å². The second-order valence-corrected chi connectivity index (χ2v) is 2.60. The van der Waals surface area contributed by atoms with Gasteiger partial charge >= 0.3 is 5.69 Å². The van der Waals surface area contributed by atoms with Crippen molar-refractivity contribution >= 4 is 0 Å². The molecule has 0 aliphatic rings. The molecule has 0 saturated carbocycles. The summed E-state index contributed by atoms with van der Waals surface area (Å²) in [6.45, 7) is 2.48. The Morgan fingerprint density at radius 1 is 1.67 bits per heavy atom. The smallest absolute Gasteiger partial charge is 0.347 e. The van der Waals surface area contributed by atoms with Crippen LogP contribution in [-0.2, 0) is 6.54 Å². The first-order valence-corrected chi connectivity index (χ1v) is 3.89. The third-order valence-electron chi connectivity index (χ3n) is 1.70. The fourth-order valence-corrected chi connectivity index (χ4v) is 1.02. The second-order valence-electron chi connectivity index (χ2n) is 2.60. The molecule has 0 saturated heterocycles. The summed E-state index contributed by atoms with van der Waals surface area (Å²) in [7, 11) is 0. The van der Waals surface area contributed by atoms with E-state index >= 15 is 0 Å². The fraction of sp³-hybridized carbons (Fsp3) is 0.500. The predicted molar refractivity (Wildman–Crippen MR) is 44.9 cm³/mol. The lowest BCUT2D eigenvalue weighted by atomic mass is 10.4. The van der Waals surface area contributed by atoms with Gasteiger partial charge in [0, 0.05) is 25.0 Å². The number of aliphatic hydroxyl groups is 1. The first-order valence-electron chi connectivity index (χ1n) is 3.89. The summed E-state index contributed by atoms with van der Waals surface area (Å²) < 4.78 is 1.55. The van der Waals surface area contributed by atoms with Crippen molar-refractivity contribution in [3.05, 3.63) is 28.4 Å². The Bertz CT molecular complexity index is 306. The number of rotatable bonds is 3. The lowest BCUT2D eigenvalue weighted by Gasteiger charge is -2.05. The first-order chi connectivity index (χ1) is 5.75. The molecule has 0 amide bonds. The summed E-state index contributed by atoms with van der Waals surface area (Å²) in [5.74, 6) is 0. The molecule has 1 N–H and O–H groups in total. The van der Waals surface area contributed by atoms with Crippen LogP contribution in [0.5, 0.6) is 0 Å². The number of nitrogens with zero attached hydrogens (tertiary/aromatic N) is 2. The van der Waals surface area contributed by atoms with Crippen molar-refractivity contribution in [1.82, 2.24) is 9.55 Å². The number of aryl methyl sites for hydroxylation is 1. The summed E-state index contributed by atoms with van der Waals surface area (Å²) in [5, 5.41) is 8.57. The number of hydrogen-bond donors (Lipinski definition) is 1. The van der Waals surface area contributed by atoms with Crippen molar-refractivity contribution in [2.45, 2.75) is 19.9 Å². The quantitative estimate of drug-likeness (QED) is 0.687. The van der Waals surface area contributed by atoms with Crippen LogP contribution < -0.4 is 5.69 Å². The molecule has 4 heteroatoms. The van der Waals surface area contributed by atoms with Gasteiger partial charge in [0.15, 0.2) is 0 Å². The van der Waals surface area contributed by atoms with Crippen LogP contribution in [0.3, 0.4) is 0 Å². The highest BCUT2D eigenvalue weighted by Gasteiger charge is 1.98. The van der Waals surface area contributed by atoms with E-state index in [1.165, 1.54) is 6.20 Å². The molecule has 0 radical (unpaired) electrons. The highest BCUT2D eigenvalue weighted by atomic mass is 16.3. The van der Waals surface area contributed by atoms with Gasteiger partial charge < -0.3 is 5.11 Å². The van der Waals surface area contributed by atoms with E-state index in [1.54, 1.807) is 10.6 Å². The first kappa shape index (κ1) is 8.93. The van der Waals surface area contributed by atoms with E-state index in [9.17, 15) is 4.79 Å². The maximum atomic E-state index is 11.1. The minimum Gasteiger partial charge on any atom is -0.396 e. The Labute approximate surface area is 70.5 Å². The van der Waals surface area contributed by atoms with Crippen LogP contribution in [-0.4, -0.2) is 21.3 Å². The molecule has 1 aromatic heterocycles. The molecule has 0 aliphatic carbocycles. The molecule has 4 nitrogen and oxygen atoms in total. The van der Waals surface area contributed by atoms with Gasteiger partial charge in [-0.1, -0.05) is 0 Å². The van der Waals surface area contributed by atoms with Gasteiger partial charge in [-0.3, -0.25) is 4.57 Å². The second kappa shape index (κ2) is 4.01. The monoisotopic (exact) mass is 168 g/mol. The normalized spacial score (nSPS) is 10.2. The third kappa shape index (κ3) is 1.92. The van der Waals surface area contributed by atoms with E-state index < -0.39 is 0 Å². The van der Waals surface area contributed by atoms with Crippen LogP contribution in [0, 0.1) is 6.92 Å². The number of aliphatic hydroxyl groups excluding tert-OH is 1. The van der Waals surface area contributed by atoms with Gasteiger partial charge in [-0.25, -0.2) is 9.78 Å². The largest absolute Gasteiger partial charge is 0.396 e. The zero-order valence-electron chi connectivity index (χ0n) is 7.03. The van der Waals surface area contributed by atoms with Crippen molar-refractivity contribution in [1.29, 1.82) is 0 Å². The lowest BCUT2D eigenvalue weighted by Crippen LogP contribution is -2.24. The highest BCUT2D eigenvalue weighted by molar-refractivity contribution is 4.97. The maximum Gasteiger partial charge on any atom is 0.347 e. The average Bonchev–Trinajstić information content (AvgIpc) is 2.04. The molecule has 0 fully saturated rings. The van der Waals surface area contributed by atoms with Crippen LogP contribution in [0.25, 0.3) is 0 Å². The molecule has 0 unspecified atom stereocenters. The highest BCUT2D eigenvalue weighted by Crippen LogP contribution is 1.92. The van der Waals surface area contributed by atoms with Crippen molar-refractivity contribution in [3.63, 3.8) is 0 Å². The summed E-state index contributed by atoms with van der Waals surface area (Å²) in [6.07, 6.45) is 2.08. The van der Waals surface area contributed by atoms with Gasteiger partial charge in [-0.2, -0.15) is 0 Å².